The number of hydrogen-bond acceptors (Lipinski definition) is 2. The van der Waals surface area contributed by atoms with E-state index < -0.39 is 0 Å². The number of fused-ring (bicyclic) bond motifs is 1. The van der Waals surface area contributed by atoms with E-state index in [4.69, 9.17) is 0 Å². The summed E-state index contributed by atoms with van der Waals surface area (Å²) in [6, 6.07) is 9.08. The minimum Gasteiger partial charge on any atom is -0.618 e. The van der Waals surface area contributed by atoms with E-state index in [1.54, 1.807) is 12.1 Å². The molecule has 0 aliphatic carbocycles. The van der Waals surface area contributed by atoms with Crippen LogP contribution in [0.4, 0.5) is 0 Å². The van der Waals surface area contributed by atoms with E-state index in [-0.39, 0.29) is 29.6 Å². The molecule has 2 rings (SSSR count). The first-order valence-corrected chi connectivity index (χ1v) is 4.03. The van der Waals surface area contributed by atoms with Crippen LogP contribution in [0.5, 0.6) is 0 Å². The first-order chi connectivity index (χ1) is 5.79. The van der Waals surface area contributed by atoms with E-state index >= 15 is 0 Å². The number of aromatic nitrogens is 1. The Morgan fingerprint density at radius 1 is 1.15 bits per heavy atom. The van der Waals surface area contributed by atoms with E-state index in [0.717, 1.165) is 15.0 Å². The Bertz CT molecular complexity index is 392. The molecular formula is C9H7NNaOS+. The van der Waals surface area contributed by atoms with Crippen LogP contribution in [0.2, 0.25) is 0 Å². The van der Waals surface area contributed by atoms with E-state index in [1.165, 1.54) is 6.20 Å². The molecule has 0 amide bonds. The first kappa shape index (κ1) is 10.9. The van der Waals surface area contributed by atoms with Crippen molar-refractivity contribution >= 4 is 23.5 Å². The molecule has 0 saturated carbocycles. The second-order valence-corrected chi connectivity index (χ2v) is 3.03. The Kier molecular flexibility index (Phi) is 3.62. The van der Waals surface area contributed by atoms with Crippen LogP contribution < -0.4 is 34.3 Å². The van der Waals surface area contributed by atoms with Gasteiger partial charge in [-0.3, -0.25) is 0 Å². The van der Waals surface area contributed by atoms with E-state index in [0.29, 0.717) is 5.52 Å². The second-order valence-electron chi connectivity index (χ2n) is 2.54. The Morgan fingerprint density at radius 3 is 2.54 bits per heavy atom. The van der Waals surface area contributed by atoms with Crippen LogP contribution in [0.3, 0.4) is 0 Å². The molecule has 0 unspecified atom stereocenters. The zero-order chi connectivity index (χ0) is 8.55. The molecule has 0 fully saturated rings. The Hall–Kier alpha value is -0.220. The molecule has 0 spiro atoms. The molecule has 13 heavy (non-hydrogen) atoms. The molecule has 2 aromatic rings. The normalized spacial score (nSPS) is 9.62. The number of thiol groups is 1. The van der Waals surface area contributed by atoms with Gasteiger partial charge in [0.2, 0.25) is 5.52 Å². The fourth-order valence-electron chi connectivity index (χ4n) is 1.19. The molecule has 0 aliphatic heterocycles. The summed E-state index contributed by atoms with van der Waals surface area (Å²) in [6.45, 7) is 0. The van der Waals surface area contributed by atoms with Crippen molar-refractivity contribution in [1.29, 1.82) is 0 Å². The van der Waals surface area contributed by atoms with Crippen LogP contribution >= 0.6 is 12.6 Å². The molecule has 0 bridgehead atoms. The van der Waals surface area contributed by atoms with Crippen molar-refractivity contribution in [1.82, 2.24) is 0 Å². The number of rotatable bonds is 0. The molecule has 0 aliphatic rings. The summed E-state index contributed by atoms with van der Waals surface area (Å²) in [5.41, 5.74) is 0.657. The van der Waals surface area contributed by atoms with Gasteiger partial charge in [0.1, 0.15) is 0 Å². The first-order valence-electron chi connectivity index (χ1n) is 3.59. The third-order valence-electron chi connectivity index (χ3n) is 1.79. The van der Waals surface area contributed by atoms with Gasteiger partial charge in [0.15, 0.2) is 6.20 Å². The molecular weight excluding hydrogens is 193 g/mol. The monoisotopic (exact) mass is 200 g/mol. The minimum atomic E-state index is 0. The number of pyridine rings is 1. The van der Waals surface area contributed by atoms with Crippen LogP contribution in [-0.2, 0) is 0 Å². The predicted molar refractivity (Wildman–Crippen MR) is 50.2 cm³/mol. The van der Waals surface area contributed by atoms with E-state index in [9.17, 15) is 5.21 Å². The van der Waals surface area contributed by atoms with Gasteiger partial charge in [0.25, 0.3) is 0 Å². The summed E-state index contributed by atoms with van der Waals surface area (Å²) in [5, 5.41) is 12.1. The maximum Gasteiger partial charge on any atom is 1.00 e. The molecule has 0 radical (unpaired) electrons. The smallest absolute Gasteiger partial charge is 0.618 e. The molecule has 1 heterocycles. The maximum atomic E-state index is 11.2. The Labute approximate surface area is 104 Å². The van der Waals surface area contributed by atoms with Crippen LogP contribution in [0.25, 0.3) is 10.9 Å². The second kappa shape index (κ2) is 4.33. The van der Waals surface area contributed by atoms with Crippen molar-refractivity contribution in [3.05, 3.63) is 41.7 Å². The van der Waals surface area contributed by atoms with Crippen molar-refractivity contribution in [2.45, 2.75) is 4.90 Å². The van der Waals surface area contributed by atoms with Crippen molar-refractivity contribution in [2.75, 3.05) is 0 Å². The quantitative estimate of drug-likeness (QED) is 0.245. The minimum absolute atomic E-state index is 0. The van der Waals surface area contributed by atoms with E-state index in [1.807, 2.05) is 18.2 Å². The fourth-order valence-corrected chi connectivity index (χ4v) is 1.45. The van der Waals surface area contributed by atoms with Gasteiger partial charge >= 0.3 is 29.6 Å². The van der Waals surface area contributed by atoms with Gasteiger partial charge in [-0.05, 0) is 6.07 Å². The number of nitrogens with zero attached hydrogens (tertiary/aromatic N) is 1. The van der Waals surface area contributed by atoms with Crippen LogP contribution in [0, 0.1) is 5.21 Å². The van der Waals surface area contributed by atoms with Gasteiger partial charge in [-0.15, -0.1) is 12.6 Å². The van der Waals surface area contributed by atoms with Gasteiger partial charge in [-0.2, -0.15) is 4.73 Å². The molecule has 2 nitrogen and oxygen atoms in total. The maximum absolute atomic E-state index is 11.2. The van der Waals surface area contributed by atoms with Gasteiger partial charge < -0.3 is 5.21 Å². The third kappa shape index (κ3) is 1.99. The SMILES string of the molecule is [Na+].[O-][n+]1ccc(S)c2ccccc21. The van der Waals surface area contributed by atoms with Crippen LogP contribution in [0.1, 0.15) is 0 Å². The molecule has 1 aromatic carbocycles. The summed E-state index contributed by atoms with van der Waals surface area (Å²) in [4.78, 5) is 0.831. The fraction of sp³-hybridized carbons (Fsp3) is 0. The summed E-state index contributed by atoms with van der Waals surface area (Å²) >= 11 is 4.25. The average molecular weight is 200 g/mol. The summed E-state index contributed by atoms with van der Waals surface area (Å²) in [7, 11) is 0. The molecule has 0 saturated heterocycles. The molecule has 0 atom stereocenters. The van der Waals surface area contributed by atoms with Crippen molar-refractivity contribution in [3.8, 4) is 0 Å². The van der Waals surface area contributed by atoms with Crippen LogP contribution in [-0.4, -0.2) is 0 Å². The Balaban J connectivity index is 0.000000845. The van der Waals surface area contributed by atoms with Gasteiger partial charge in [0, 0.05) is 17.0 Å². The van der Waals surface area contributed by atoms with Crippen LogP contribution in [0.15, 0.2) is 41.4 Å². The zero-order valence-electron chi connectivity index (χ0n) is 7.27. The summed E-state index contributed by atoms with van der Waals surface area (Å²) < 4.78 is 0.842. The summed E-state index contributed by atoms with van der Waals surface area (Å²) in [6.07, 6.45) is 1.46. The standard InChI is InChI=1S/C9H7NOS.Na/c11-10-6-5-9(12)7-3-1-2-4-8(7)10;/h1-6,12H;/q;+1. The zero-order valence-corrected chi connectivity index (χ0v) is 10.2. The Morgan fingerprint density at radius 2 is 1.85 bits per heavy atom. The van der Waals surface area contributed by atoms with Gasteiger partial charge in [-0.1, -0.05) is 12.1 Å². The third-order valence-corrected chi connectivity index (χ3v) is 2.18. The van der Waals surface area contributed by atoms with Crippen molar-refractivity contribution in [2.24, 2.45) is 0 Å². The molecule has 0 N–H and O–H groups in total. The van der Waals surface area contributed by atoms with Crippen molar-refractivity contribution in [3.63, 3.8) is 0 Å². The number of benzene rings is 1. The molecule has 60 valence electrons. The van der Waals surface area contributed by atoms with Crippen molar-refractivity contribution < 1.29 is 34.3 Å². The number of para-hydroxylation sites is 1. The average Bonchev–Trinajstić information content (AvgIpc) is 2.12. The van der Waals surface area contributed by atoms with Gasteiger partial charge in [0.05, 0.1) is 5.39 Å². The number of hydrogen-bond donors (Lipinski definition) is 1. The molecule has 4 heteroatoms. The van der Waals surface area contributed by atoms with Gasteiger partial charge in [-0.25, -0.2) is 0 Å². The predicted octanol–water partition coefficient (Wildman–Crippen LogP) is -1.23. The topological polar surface area (TPSA) is 26.9 Å². The molecule has 1 aromatic heterocycles. The summed E-state index contributed by atoms with van der Waals surface area (Å²) in [5.74, 6) is 0. The van der Waals surface area contributed by atoms with E-state index in [2.05, 4.69) is 12.6 Å². The largest absolute Gasteiger partial charge is 1.00 e.